The first-order valence-electron chi connectivity index (χ1n) is 9.32. The van der Waals surface area contributed by atoms with E-state index in [-0.39, 0.29) is 22.0 Å². The molecule has 3 rings (SSSR count). The molecule has 0 fully saturated rings. The molecule has 10 nitrogen and oxygen atoms in total. The largest absolute Gasteiger partial charge is 0.344 e. The van der Waals surface area contributed by atoms with E-state index in [0.29, 0.717) is 9.33 Å². The summed E-state index contributed by atoms with van der Waals surface area (Å²) in [6, 6.07) is 13.9. The van der Waals surface area contributed by atoms with Crippen molar-refractivity contribution in [2.45, 2.75) is 11.8 Å². The molecule has 4 amide bonds. The van der Waals surface area contributed by atoms with Crippen LogP contribution in [0.1, 0.15) is 5.56 Å². The van der Waals surface area contributed by atoms with Crippen LogP contribution in [0.25, 0.3) is 0 Å². The molecule has 0 aliphatic carbocycles. The third-order valence-electron chi connectivity index (χ3n) is 4.34. The molecule has 33 heavy (non-hydrogen) atoms. The zero-order chi connectivity index (χ0) is 24.2. The Bertz CT molecular complexity index is 1310. The first-order valence-corrected chi connectivity index (χ1v) is 11.1. The molecule has 170 valence electrons. The number of nitro groups is 1. The summed E-state index contributed by atoms with van der Waals surface area (Å²) < 4.78 is 26.9. The van der Waals surface area contributed by atoms with Gasteiger partial charge in [0.2, 0.25) is 0 Å². The Morgan fingerprint density at radius 2 is 1.64 bits per heavy atom. The fraction of sp³-hybridized carbons (Fsp3) is 0.0476. The molecular formula is C21H17ClN4O6S. The molecule has 2 N–H and O–H groups in total. The van der Waals surface area contributed by atoms with Gasteiger partial charge < -0.3 is 5.32 Å². The van der Waals surface area contributed by atoms with E-state index >= 15 is 0 Å². The van der Waals surface area contributed by atoms with Gasteiger partial charge in [0.15, 0.2) is 0 Å². The minimum atomic E-state index is -4.41. The van der Waals surface area contributed by atoms with E-state index in [1.54, 1.807) is 19.1 Å². The fourth-order valence-electron chi connectivity index (χ4n) is 2.76. The van der Waals surface area contributed by atoms with Crippen molar-refractivity contribution < 1.29 is 22.9 Å². The van der Waals surface area contributed by atoms with Crippen LogP contribution in [-0.4, -0.2) is 25.4 Å². The number of hydrogen-bond donors (Lipinski definition) is 2. The Morgan fingerprint density at radius 3 is 2.24 bits per heavy atom. The van der Waals surface area contributed by atoms with Gasteiger partial charge >= 0.3 is 12.1 Å². The van der Waals surface area contributed by atoms with E-state index < -0.39 is 27.0 Å². The molecule has 0 aliphatic rings. The number of hydrogen-bond acceptors (Lipinski definition) is 6. The highest BCUT2D eigenvalue weighted by molar-refractivity contribution is 7.93. The van der Waals surface area contributed by atoms with Crippen LogP contribution >= 0.6 is 11.6 Å². The molecular weight excluding hydrogens is 472 g/mol. The minimum Gasteiger partial charge on any atom is -0.307 e. The second-order valence-electron chi connectivity index (χ2n) is 6.75. The van der Waals surface area contributed by atoms with Gasteiger partial charge in [-0.1, -0.05) is 35.4 Å². The predicted molar refractivity (Wildman–Crippen MR) is 123 cm³/mol. The number of nitrogens with one attached hydrogen (secondary N) is 2. The van der Waals surface area contributed by atoms with Crippen LogP contribution in [-0.2, 0) is 10.0 Å². The minimum absolute atomic E-state index is 0.0361. The van der Waals surface area contributed by atoms with Gasteiger partial charge in [0, 0.05) is 22.8 Å². The molecule has 0 atom stereocenters. The summed E-state index contributed by atoms with van der Waals surface area (Å²) >= 11 is 5.87. The van der Waals surface area contributed by atoms with E-state index in [2.05, 4.69) is 5.32 Å². The fourth-order valence-corrected chi connectivity index (χ4v) is 4.24. The van der Waals surface area contributed by atoms with E-state index in [1.165, 1.54) is 54.6 Å². The maximum absolute atomic E-state index is 13.3. The number of amides is 4. The summed E-state index contributed by atoms with van der Waals surface area (Å²) in [6.07, 6.45) is 0. The molecule has 0 unspecified atom stereocenters. The number of carbonyl (C=O) groups is 2. The molecule has 0 aromatic heterocycles. The number of carbonyl (C=O) groups excluding carboxylic acids is 2. The van der Waals surface area contributed by atoms with Crippen molar-refractivity contribution in [1.82, 2.24) is 5.32 Å². The summed E-state index contributed by atoms with van der Waals surface area (Å²) in [5, 5.41) is 15.4. The number of anilines is 2. The zero-order valence-electron chi connectivity index (χ0n) is 17.1. The molecule has 0 bridgehead atoms. The third-order valence-corrected chi connectivity index (χ3v) is 6.32. The number of sulfonamides is 1. The number of urea groups is 2. The second-order valence-corrected chi connectivity index (χ2v) is 8.97. The number of imide groups is 1. The first-order chi connectivity index (χ1) is 15.6. The van der Waals surface area contributed by atoms with Crippen LogP contribution in [0, 0.1) is 17.0 Å². The zero-order valence-corrected chi connectivity index (χ0v) is 18.6. The van der Waals surface area contributed by atoms with E-state index in [9.17, 15) is 28.1 Å². The molecule has 0 heterocycles. The van der Waals surface area contributed by atoms with Gasteiger partial charge in [-0.15, -0.1) is 0 Å². The summed E-state index contributed by atoms with van der Waals surface area (Å²) in [5.41, 5.74) is 0.520. The van der Waals surface area contributed by atoms with Crippen molar-refractivity contribution in [3.8, 4) is 0 Å². The van der Waals surface area contributed by atoms with Crippen LogP contribution in [0.15, 0.2) is 77.7 Å². The number of halogens is 1. The van der Waals surface area contributed by atoms with Crippen LogP contribution in [0.4, 0.5) is 26.7 Å². The van der Waals surface area contributed by atoms with Crippen molar-refractivity contribution in [2.75, 3.05) is 9.62 Å². The lowest BCUT2D eigenvalue weighted by atomic mass is 10.2. The number of non-ortho nitro benzene ring substituents is 1. The lowest BCUT2D eigenvalue weighted by Crippen LogP contribution is -2.47. The van der Waals surface area contributed by atoms with Gasteiger partial charge in [0.1, 0.15) is 0 Å². The summed E-state index contributed by atoms with van der Waals surface area (Å²) in [7, 11) is -4.41. The molecule has 0 spiro atoms. The topological polar surface area (TPSA) is 139 Å². The molecule has 3 aromatic carbocycles. The van der Waals surface area contributed by atoms with Crippen LogP contribution < -0.4 is 14.9 Å². The summed E-state index contributed by atoms with van der Waals surface area (Å²) in [4.78, 5) is 35.3. The Morgan fingerprint density at radius 1 is 1.00 bits per heavy atom. The average Bonchev–Trinajstić information content (AvgIpc) is 2.75. The number of nitro benzene ring substituents is 1. The van der Waals surface area contributed by atoms with Crippen molar-refractivity contribution in [3.05, 3.63) is 93.5 Å². The first kappa shape index (κ1) is 23.7. The lowest BCUT2D eigenvalue weighted by molar-refractivity contribution is -0.384. The monoisotopic (exact) mass is 488 g/mol. The molecule has 12 heteroatoms. The van der Waals surface area contributed by atoms with Crippen molar-refractivity contribution in [1.29, 1.82) is 0 Å². The Balaban J connectivity index is 1.90. The Kier molecular flexibility index (Phi) is 6.95. The van der Waals surface area contributed by atoms with Crippen LogP contribution in [0.3, 0.4) is 0 Å². The van der Waals surface area contributed by atoms with Crippen LogP contribution in [0.2, 0.25) is 5.02 Å². The second kappa shape index (κ2) is 9.67. The van der Waals surface area contributed by atoms with Gasteiger partial charge in [-0.2, -0.15) is 4.31 Å². The van der Waals surface area contributed by atoms with Crippen molar-refractivity contribution in [3.63, 3.8) is 0 Å². The molecule has 0 saturated carbocycles. The number of nitrogens with zero attached hydrogens (tertiary/aromatic N) is 2. The van der Waals surface area contributed by atoms with Crippen molar-refractivity contribution >= 4 is 50.7 Å². The Hall–Kier alpha value is -3.96. The number of benzene rings is 3. The quantitative estimate of drug-likeness (QED) is 0.394. The highest BCUT2D eigenvalue weighted by Gasteiger charge is 2.32. The predicted octanol–water partition coefficient (Wildman–Crippen LogP) is 4.69. The highest BCUT2D eigenvalue weighted by atomic mass is 35.5. The third kappa shape index (κ3) is 5.64. The Labute approximate surface area is 194 Å². The normalized spacial score (nSPS) is 10.8. The van der Waals surface area contributed by atoms with E-state index in [4.69, 9.17) is 11.6 Å². The van der Waals surface area contributed by atoms with Gasteiger partial charge in [0.05, 0.1) is 15.5 Å². The van der Waals surface area contributed by atoms with Crippen molar-refractivity contribution in [2.24, 2.45) is 0 Å². The van der Waals surface area contributed by atoms with Gasteiger partial charge in [-0.3, -0.25) is 15.4 Å². The maximum atomic E-state index is 13.3. The average molecular weight is 489 g/mol. The highest BCUT2D eigenvalue weighted by Crippen LogP contribution is 2.26. The summed E-state index contributed by atoms with van der Waals surface area (Å²) in [5.74, 6) is 0. The van der Waals surface area contributed by atoms with Gasteiger partial charge in [-0.05, 0) is 49.4 Å². The summed E-state index contributed by atoms with van der Waals surface area (Å²) in [6.45, 7) is 1.78. The molecule has 0 radical (unpaired) electrons. The van der Waals surface area contributed by atoms with E-state index in [1.807, 2.05) is 5.32 Å². The SMILES string of the molecule is Cc1ccc(S(=O)(=O)N(C(=O)NC(=O)Nc2cccc([N+](=O)[O-])c2)c2ccc(Cl)cc2)cc1. The maximum Gasteiger partial charge on any atom is 0.344 e. The number of rotatable bonds is 5. The molecule has 0 aliphatic heterocycles. The molecule has 3 aromatic rings. The molecule has 0 saturated heterocycles. The van der Waals surface area contributed by atoms with E-state index in [0.717, 1.165) is 11.6 Å². The standard InChI is InChI=1S/C21H17ClN4O6S/c1-14-5-11-19(12-6-14)33(31,32)25(17-9-7-15(22)8-10-17)21(28)24-20(27)23-16-3-2-4-18(13-16)26(29)30/h2-13H,1H3,(H2,23,24,27,28). The van der Waals surface area contributed by atoms with Crippen LogP contribution in [0.5, 0.6) is 0 Å². The van der Waals surface area contributed by atoms with Gasteiger partial charge in [-0.25, -0.2) is 18.0 Å². The smallest absolute Gasteiger partial charge is 0.307 e. The number of aryl methyl sites for hydroxylation is 1. The van der Waals surface area contributed by atoms with Gasteiger partial charge in [0.25, 0.3) is 15.7 Å². The lowest BCUT2D eigenvalue weighted by Gasteiger charge is -2.23.